The van der Waals surface area contributed by atoms with Crippen molar-refractivity contribution in [1.29, 1.82) is 5.26 Å². The van der Waals surface area contributed by atoms with Crippen LogP contribution in [0.15, 0.2) is 53.4 Å². The molecular weight excluding hydrogens is 462 g/mol. The maximum atomic E-state index is 12.8. The molecule has 1 N–H and O–H groups in total. The highest BCUT2D eigenvalue weighted by Gasteiger charge is 2.15. The van der Waals surface area contributed by atoms with Crippen LogP contribution in [0.4, 0.5) is 5.13 Å². The highest BCUT2D eigenvalue weighted by Crippen LogP contribution is 2.32. The summed E-state index contributed by atoms with van der Waals surface area (Å²) in [7, 11) is 3.16. The van der Waals surface area contributed by atoms with Crippen LogP contribution in [0.1, 0.15) is 38.2 Å². The molecule has 3 rings (SSSR count). The number of nitrogens with zero attached hydrogens (tertiary/aromatic N) is 2. The van der Waals surface area contributed by atoms with E-state index in [1.165, 1.54) is 30.3 Å². The van der Waals surface area contributed by atoms with Gasteiger partial charge in [-0.25, -0.2) is 4.98 Å². The average Bonchev–Trinajstić information content (AvgIpc) is 3.35. The van der Waals surface area contributed by atoms with Gasteiger partial charge in [-0.15, -0.1) is 11.3 Å². The number of aromatic nitrogens is 1. The Kier molecular flexibility index (Phi) is 9.69. The smallest absolute Gasteiger partial charge is 0.268 e. The van der Waals surface area contributed by atoms with E-state index in [0.29, 0.717) is 40.2 Å². The molecule has 0 atom stereocenters. The van der Waals surface area contributed by atoms with Crippen LogP contribution < -0.4 is 19.5 Å². The molecule has 0 aliphatic rings. The Bertz CT molecular complexity index is 1210. The normalized spacial score (nSPS) is 11.0. The molecule has 3 aromatic rings. The number of hydrogen-bond donors (Lipinski definition) is 1. The first-order valence-corrected chi connectivity index (χ1v) is 12.3. The lowest BCUT2D eigenvalue weighted by Gasteiger charge is -2.11. The summed E-state index contributed by atoms with van der Waals surface area (Å²) >= 11 is 1.27. The van der Waals surface area contributed by atoms with Gasteiger partial charge in [0.25, 0.3) is 5.91 Å². The minimum atomic E-state index is -0.538. The molecule has 0 bridgehead atoms. The van der Waals surface area contributed by atoms with E-state index in [1.807, 2.05) is 35.7 Å². The summed E-state index contributed by atoms with van der Waals surface area (Å²) in [5.74, 6) is 1.34. The first kappa shape index (κ1) is 25.8. The fraction of sp³-hybridized carbons (Fsp3) is 0.296. The van der Waals surface area contributed by atoms with Gasteiger partial charge in [0.15, 0.2) is 16.6 Å². The molecule has 0 saturated carbocycles. The first-order chi connectivity index (χ1) is 17.1. The zero-order chi connectivity index (χ0) is 25.0. The second-order valence-corrected chi connectivity index (χ2v) is 8.54. The van der Waals surface area contributed by atoms with E-state index in [-0.39, 0.29) is 5.57 Å². The van der Waals surface area contributed by atoms with E-state index in [0.717, 1.165) is 18.4 Å². The van der Waals surface area contributed by atoms with Crippen molar-refractivity contribution < 1.29 is 19.0 Å². The van der Waals surface area contributed by atoms with E-state index in [9.17, 15) is 10.1 Å². The van der Waals surface area contributed by atoms with Gasteiger partial charge in [0, 0.05) is 10.9 Å². The highest BCUT2D eigenvalue weighted by atomic mass is 32.1. The largest absolute Gasteiger partial charge is 0.496 e. The van der Waals surface area contributed by atoms with Gasteiger partial charge in [0.05, 0.1) is 26.5 Å². The number of methoxy groups -OCH3 is 2. The molecule has 0 spiro atoms. The SMILES string of the molecule is CCCCCCOc1ccc(/C=C(\C#N)C(=O)Nc2nc(-c3ccccc3OC)cs2)cc1OC. The number of anilines is 1. The van der Waals surface area contributed by atoms with Crippen LogP contribution in [0.2, 0.25) is 0 Å². The van der Waals surface area contributed by atoms with Gasteiger partial charge in [-0.05, 0) is 42.3 Å². The van der Waals surface area contributed by atoms with Crippen LogP contribution in [0.25, 0.3) is 17.3 Å². The zero-order valence-corrected chi connectivity index (χ0v) is 21.0. The predicted molar refractivity (Wildman–Crippen MR) is 139 cm³/mol. The number of para-hydroxylation sites is 1. The Hall–Kier alpha value is -3.83. The monoisotopic (exact) mass is 491 g/mol. The molecule has 0 aliphatic heterocycles. The number of rotatable bonds is 12. The molecule has 1 aromatic heterocycles. The number of carbonyl (C=O) groups is 1. The number of thiazole rings is 1. The van der Waals surface area contributed by atoms with Crippen molar-refractivity contribution >= 4 is 28.5 Å². The Morgan fingerprint density at radius 3 is 2.63 bits per heavy atom. The van der Waals surface area contributed by atoms with Crippen LogP contribution in [0.5, 0.6) is 17.2 Å². The van der Waals surface area contributed by atoms with Crippen molar-refractivity contribution in [2.24, 2.45) is 0 Å². The summed E-state index contributed by atoms with van der Waals surface area (Å²) in [4.78, 5) is 17.2. The lowest BCUT2D eigenvalue weighted by atomic mass is 10.1. The molecule has 0 aliphatic carbocycles. The second-order valence-electron chi connectivity index (χ2n) is 7.68. The molecular formula is C27H29N3O4S. The minimum absolute atomic E-state index is 0.0469. The highest BCUT2D eigenvalue weighted by molar-refractivity contribution is 7.14. The topological polar surface area (TPSA) is 93.5 Å². The van der Waals surface area contributed by atoms with Crippen molar-refractivity contribution in [2.75, 3.05) is 26.1 Å². The fourth-order valence-corrected chi connectivity index (χ4v) is 4.10. The Balaban J connectivity index is 1.70. The van der Waals surface area contributed by atoms with Gasteiger partial charge in [-0.2, -0.15) is 5.26 Å². The molecule has 35 heavy (non-hydrogen) atoms. The quantitative estimate of drug-likeness (QED) is 0.181. The molecule has 8 heteroatoms. The van der Waals surface area contributed by atoms with Crippen LogP contribution in [0, 0.1) is 11.3 Å². The summed E-state index contributed by atoms with van der Waals surface area (Å²) in [5.41, 5.74) is 2.11. The number of nitrogens with one attached hydrogen (secondary N) is 1. The third-order valence-electron chi connectivity index (χ3n) is 5.23. The van der Waals surface area contributed by atoms with E-state index in [4.69, 9.17) is 14.2 Å². The molecule has 0 unspecified atom stereocenters. The third-order valence-corrected chi connectivity index (χ3v) is 5.98. The van der Waals surface area contributed by atoms with Gasteiger partial charge in [-0.3, -0.25) is 10.1 Å². The van der Waals surface area contributed by atoms with Crippen molar-refractivity contribution in [2.45, 2.75) is 32.6 Å². The van der Waals surface area contributed by atoms with Crippen LogP contribution >= 0.6 is 11.3 Å². The number of amides is 1. The number of benzene rings is 2. The summed E-state index contributed by atoms with van der Waals surface area (Å²) in [6, 6.07) is 14.8. The van der Waals surface area contributed by atoms with E-state index in [2.05, 4.69) is 17.2 Å². The molecule has 2 aromatic carbocycles. The molecule has 0 radical (unpaired) electrons. The van der Waals surface area contributed by atoms with Crippen molar-refractivity contribution in [3.05, 3.63) is 59.0 Å². The molecule has 182 valence electrons. The van der Waals surface area contributed by atoms with Crippen molar-refractivity contribution in [3.63, 3.8) is 0 Å². The molecule has 1 heterocycles. The molecule has 0 saturated heterocycles. The van der Waals surface area contributed by atoms with Gasteiger partial charge >= 0.3 is 0 Å². The summed E-state index contributed by atoms with van der Waals surface area (Å²) < 4.78 is 16.7. The predicted octanol–water partition coefficient (Wildman–Crippen LogP) is 6.33. The average molecular weight is 492 g/mol. The lowest BCUT2D eigenvalue weighted by Crippen LogP contribution is -2.13. The van der Waals surface area contributed by atoms with Crippen LogP contribution in [0.3, 0.4) is 0 Å². The second kappa shape index (κ2) is 13.2. The van der Waals surface area contributed by atoms with Crippen LogP contribution in [-0.2, 0) is 4.79 Å². The van der Waals surface area contributed by atoms with Crippen molar-refractivity contribution in [3.8, 4) is 34.6 Å². The van der Waals surface area contributed by atoms with Gasteiger partial charge in [0.1, 0.15) is 17.4 Å². The summed E-state index contributed by atoms with van der Waals surface area (Å²) in [6.07, 6.45) is 5.97. The molecule has 0 fully saturated rings. The molecule has 7 nitrogen and oxygen atoms in total. The van der Waals surface area contributed by atoms with Gasteiger partial charge in [-0.1, -0.05) is 44.4 Å². The third kappa shape index (κ3) is 7.08. The Labute approximate surface area is 210 Å². The Morgan fingerprint density at radius 1 is 1.09 bits per heavy atom. The first-order valence-electron chi connectivity index (χ1n) is 11.4. The summed E-state index contributed by atoms with van der Waals surface area (Å²) in [6.45, 7) is 2.78. The van der Waals surface area contributed by atoms with Gasteiger partial charge in [0.2, 0.25) is 0 Å². The lowest BCUT2D eigenvalue weighted by molar-refractivity contribution is -0.112. The number of ether oxygens (including phenoxy) is 3. The maximum absolute atomic E-state index is 12.8. The number of hydrogen-bond acceptors (Lipinski definition) is 7. The van der Waals surface area contributed by atoms with E-state index in [1.54, 1.807) is 32.4 Å². The number of unbranched alkanes of at least 4 members (excludes halogenated alkanes) is 3. The van der Waals surface area contributed by atoms with E-state index >= 15 is 0 Å². The molecule has 1 amide bonds. The minimum Gasteiger partial charge on any atom is -0.496 e. The van der Waals surface area contributed by atoms with Gasteiger partial charge < -0.3 is 14.2 Å². The van der Waals surface area contributed by atoms with Crippen LogP contribution in [-0.4, -0.2) is 31.7 Å². The Morgan fingerprint density at radius 2 is 1.89 bits per heavy atom. The fourth-order valence-electron chi connectivity index (χ4n) is 3.39. The zero-order valence-electron chi connectivity index (χ0n) is 20.2. The number of carbonyl (C=O) groups excluding carboxylic acids is 1. The number of nitriles is 1. The van der Waals surface area contributed by atoms with E-state index < -0.39 is 5.91 Å². The maximum Gasteiger partial charge on any atom is 0.268 e. The standard InChI is InChI=1S/C27H29N3O4S/c1-4-5-6-9-14-34-24-13-12-19(16-25(24)33-3)15-20(17-28)26(31)30-27-29-22(18-35-27)21-10-7-8-11-23(21)32-2/h7-8,10-13,15-16,18H,4-6,9,14H2,1-3H3,(H,29,30,31)/b20-15+. The van der Waals surface area contributed by atoms with Crippen molar-refractivity contribution in [1.82, 2.24) is 4.98 Å². The summed E-state index contributed by atoms with van der Waals surface area (Å²) in [5, 5.41) is 14.5.